The molecule has 1 aliphatic carbocycles. The van der Waals surface area contributed by atoms with Crippen LogP contribution in [-0.4, -0.2) is 89.8 Å². The van der Waals surface area contributed by atoms with Gasteiger partial charge in [-0.3, -0.25) is 4.90 Å². The SMILES string of the molecule is CC1CN(CC(C)(C)O)CCN1C(=O)NCCN(C)C1CCCC1. The van der Waals surface area contributed by atoms with E-state index in [1.807, 2.05) is 18.7 Å². The molecular weight excluding hydrogens is 304 g/mol. The van der Waals surface area contributed by atoms with E-state index in [0.29, 0.717) is 19.1 Å². The number of urea groups is 1. The molecule has 2 N–H and O–H groups in total. The van der Waals surface area contributed by atoms with Gasteiger partial charge in [0.25, 0.3) is 0 Å². The van der Waals surface area contributed by atoms with E-state index in [0.717, 1.165) is 26.2 Å². The van der Waals surface area contributed by atoms with Crippen LogP contribution in [0, 0.1) is 0 Å². The third kappa shape index (κ3) is 5.90. The van der Waals surface area contributed by atoms with Gasteiger partial charge in [0.2, 0.25) is 0 Å². The number of hydrogen-bond acceptors (Lipinski definition) is 4. The number of rotatable bonds is 6. The van der Waals surface area contributed by atoms with Gasteiger partial charge in [-0.2, -0.15) is 0 Å². The average molecular weight is 341 g/mol. The molecule has 1 unspecified atom stereocenters. The van der Waals surface area contributed by atoms with Gasteiger partial charge in [-0.05, 0) is 40.7 Å². The van der Waals surface area contributed by atoms with Crippen molar-refractivity contribution in [3.05, 3.63) is 0 Å². The predicted molar refractivity (Wildman–Crippen MR) is 97.2 cm³/mol. The van der Waals surface area contributed by atoms with Crippen molar-refractivity contribution >= 4 is 6.03 Å². The van der Waals surface area contributed by atoms with Crippen LogP contribution in [-0.2, 0) is 0 Å². The minimum absolute atomic E-state index is 0.0465. The lowest BCUT2D eigenvalue weighted by Gasteiger charge is -2.41. The molecule has 0 aromatic carbocycles. The van der Waals surface area contributed by atoms with Gasteiger partial charge in [-0.1, -0.05) is 12.8 Å². The van der Waals surface area contributed by atoms with Gasteiger partial charge in [0.05, 0.1) is 5.60 Å². The first-order valence-corrected chi connectivity index (χ1v) is 9.46. The minimum Gasteiger partial charge on any atom is -0.389 e. The maximum atomic E-state index is 12.4. The van der Waals surface area contributed by atoms with Crippen LogP contribution in [0.3, 0.4) is 0 Å². The Morgan fingerprint density at radius 1 is 1.29 bits per heavy atom. The molecule has 140 valence electrons. The molecule has 6 heteroatoms. The van der Waals surface area contributed by atoms with Gasteiger partial charge in [0, 0.05) is 51.4 Å². The number of β-amino-alcohol motifs (C(OH)–C–C–N with tert-alkyl or cyclic N) is 1. The largest absolute Gasteiger partial charge is 0.389 e. The highest BCUT2D eigenvalue weighted by Crippen LogP contribution is 2.21. The molecule has 0 bridgehead atoms. The monoisotopic (exact) mass is 340 g/mol. The molecule has 2 rings (SSSR count). The van der Waals surface area contributed by atoms with Crippen molar-refractivity contribution < 1.29 is 9.90 Å². The number of hydrogen-bond donors (Lipinski definition) is 2. The summed E-state index contributed by atoms with van der Waals surface area (Å²) in [6.07, 6.45) is 5.27. The fraction of sp³-hybridized carbons (Fsp3) is 0.944. The van der Waals surface area contributed by atoms with E-state index in [9.17, 15) is 9.90 Å². The third-order valence-corrected chi connectivity index (χ3v) is 5.27. The summed E-state index contributed by atoms with van der Waals surface area (Å²) in [6, 6.07) is 0.921. The summed E-state index contributed by atoms with van der Waals surface area (Å²) in [4.78, 5) is 19.0. The quantitative estimate of drug-likeness (QED) is 0.766. The molecular formula is C18H36N4O2. The standard InChI is InChI=1S/C18H36N4O2/c1-15-13-21(14-18(2,3)24)11-12-22(15)17(23)19-9-10-20(4)16-7-5-6-8-16/h15-16,24H,5-14H2,1-4H3,(H,19,23). The van der Waals surface area contributed by atoms with E-state index < -0.39 is 5.60 Å². The van der Waals surface area contributed by atoms with Crippen molar-refractivity contribution in [1.29, 1.82) is 0 Å². The smallest absolute Gasteiger partial charge is 0.317 e. The summed E-state index contributed by atoms with van der Waals surface area (Å²) in [6.45, 7) is 10.4. The van der Waals surface area contributed by atoms with Crippen molar-refractivity contribution in [3.8, 4) is 0 Å². The van der Waals surface area contributed by atoms with E-state index in [1.165, 1.54) is 25.7 Å². The average Bonchev–Trinajstić information content (AvgIpc) is 2.99. The number of carbonyl (C=O) groups excluding carboxylic acids is 1. The van der Waals surface area contributed by atoms with Gasteiger partial charge in [0.15, 0.2) is 0 Å². The van der Waals surface area contributed by atoms with Crippen LogP contribution in [0.2, 0.25) is 0 Å². The minimum atomic E-state index is -0.686. The Morgan fingerprint density at radius 3 is 2.54 bits per heavy atom. The molecule has 0 radical (unpaired) electrons. The summed E-state index contributed by atoms with van der Waals surface area (Å²) in [7, 11) is 2.17. The van der Waals surface area contributed by atoms with Crippen molar-refractivity contribution in [2.75, 3.05) is 46.3 Å². The molecule has 24 heavy (non-hydrogen) atoms. The first kappa shape index (κ1) is 19.5. The van der Waals surface area contributed by atoms with Crippen LogP contribution >= 0.6 is 0 Å². The summed E-state index contributed by atoms with van der Waals surface area (Å²) < 4.78 is 0. The summed E-state index contributed by atoms with van der Waals surface area (Å²) in [5, 5.41) is 13.0. The Morgan fingerprint density at radius 2 is 1.96 bits per heavy atom. The highest BCUT2D eigenvalue weighted by atomic mass is 16.3. The predicted octanol–water partition coefficient (Wildman–Crippen LogP) is 1.35. The zero-order valence-corrected chi connectivity index (χ0v) is 15.9. The van der Waals surface area contributed by atoms with Crippen molar-refractivity contribution in [3.63, 3.8) is 0 Å². The topological polar surface area (TPSA) is 59.1 Å². The molecule has 1 atom stereocenters. The molecule has 0 spiro atoms. The molecule has 0 aromatic rings. The fourth-order valence-electron chi connectivity index (χ4n) is 3.99. The zero-order valence-electron chi connectivity index (χ0n) is 15.9. The highest BCUT2D eigenvalue weighted by Gasteiger charge is 2.29. The molecule has 2 aliphatic rings. The van der Waals surface area contributed by atoms with E-state index in [2.05, 4.69) is 29.1 Å². The Hall–Kier alpha value is -0.850. The number of nitrogens with zero attached hydrogens (tertiary/aromatic N) is 3. The molecule has 2 fully saturated rings. The zero-order chi connectivity index (χ0) is 17.7. The number of piperazine rings is 1. The van der Waals surface area contributed by atoms with Crippen LogP contribution in [0.4, 0.5) is 4.79 Å². The molecule has 0 aromatic heterocycles. The van der Waals surface area contributed by atoms with Crippen LogP contribution in [0.5, 0.6) is 0 Å². The van der Waals surface area contributed by atoms with E-state index in [1.54, 1.807) is 0 Å². The fourth-order valence-corrected chi connectivity index (χ4v) is 3.99. The van der Waals surface area contributed by atoms with E-state index in [-0.39, 0.29) is 12.1 Å². The summed E-state index contributed by atoms with van der Waals surface area (Å²) in [5.74, 6) is 0. The van der Waals surface area contributed by atoms with Crippen LogP contribution in [0.1, 0.15) is 46.5 Å². The van der Waals surface area contributed by atoms with Crippen LogP contribution in [0.15, 0.2) is 0 Å². The van der Waals surface area contributed by atoms with Crippen LogP contribution < -0.4 is 5.32 Å². The molecule has 2 amide bonds. The lowest BCUT2D eigenvalue weighted by molar-refractivity contribution is 0.0119. The van der Waals surface area contributed by atoms with Crippen molar-refractivity contribution in [1.82, 2.24) is 20.0 Å². The van der Waals surface area contributed by atoms with Gasteiger partial charge in [0.1, 0.15) is 0 Å². The summed E-state index contributed by atoms with van der Waals surface area (Å²) >= 11 is 0. The Balaban J connectivity index is 1.69. The van der Waals surface area contributed by atoms with Gasteiger partial charge < -0.3 is 20.2 Å². The number of amides is 2. The molecule has 1 saturated heterocycles. The van der Waals surface area contributed by atoms with Gasteiger partial charge in [-0.15, -0.1) is 0 Å². The van der Waals surface area contributed by atoms with E-state index in [4.69, 9.17) is 0 Å². The number of likely N-dealkylation sites (N-methyl/N-ethyl adjacent to an activating group) is 1. The maximum Gasteiger partial charge on any atom is 0.317 e. The Labute approximate surface area is 147 Å². The second-order valence-corrected chi connectivity index (χ2v) is 8.24. The second kappa shape index (κ2) is 8.50. The molecule has 1 heterocycles. The lowest BCUT2D eigenvalue weighted by atomic mass is 10.1. The first-order chi connectivity index (χ1) is 11.3. The van der Waals surface area contributed by atoms with Crippen molar-refractivity contribution in [2.45, 2.75) is 64.1 Å². The lowest BCUT2D eigenvalue weighted by Crippen LogP contribution is -2.58. The third-order valence-electron chi connectivity index (χ3n) is 5.27. The molecule has 1 saturated carbocycles. The first-order valence-electron chi connectivity index (χ1n) is 9.46. The Kier molecular flexibility index (Phi) is 6.89. The van der Waals surface area contributed by atoms with Gasteiger partial charge in [-0.25, -0.2) is 4.79 Å². The van der Waals surface area contributed by atoms with Crippen LogP contribution in [0.25, 0.3) is 0 Å². The number of carbonyl (C=O) groups is 1. The highest BCUT2D eigenvalue weighted by molar-refractivity contribution is 5.74. The van der Waals surface area contributed by atoms with Crippen molar-refractivity contribution in [2.24, 2.45) is 0 Å². The Bertz CT molecular complexity index is 404. The van der Waals surface area contributed by atoms with Gasteiger partial charge >= 0.3 is 6.03 Å². The maximum absolute atomic E-state index is 12.4. The van der Waals surface area contributed by atoms with E-state index >= 15 is 0 Å². The second-order valence-electron chi connectivity index (χ2n) is 8.24. The normalized spacial score (nSPS) is 23.9. The number of aliphatic hydroxyl groups is 1. The molecule has 1 aliphatic heterocycles. The number of nitrogens with one attached hydrogen (secondary N) is 1. The summed E-state index contributed by atoms with van der Waals surface area (Å²) in [5.41, 5.74) is -0.686. The molecule has 6 nitrogen and oxygen atoms in total.